The molecule has 1 aromatic carbocycles. The van der Waals surface area contributed by atoms with Gasteiger partial charge in [-0.2, -0.15) is 0 Å². The minimum atomic E-state index is -0.168. The number of benzene rings is 1. The second kappa shape index (κ2) is 6.41. The maximum Gasteiger partial charge on any atom is 0.315 e. The van der Waals surface area contributed by atoms with Crippen molar-refractivity contribution in [2.75, 3.05) is 13.1 Å². The number of nitrogens with one attached hydrogen (secondary N) is 2. The summed E-state index contributed by atoms with van der Waals surface area (Å²) in [7, 11) is 0. The molecule has 1 aromatic rings. The lowest BCUT2D eigenvalue weighted by atomic mass is 10.2. The Labute approximate surface area is 119 Å². The molecule has 5 nitrogen and oxygen atoms in total. The van der Waals surface area contributed by atoms with Gasteiger partial charge in [0.25, 0.3) is 5.91 Å². The summed E-state index contributed by atoms with van der Waals surface area (Å²) in [5.41, 5.74) is 0.694. The molecule has 0 bridgehead atoms. The molecule has 0 aromatic heterocycles. The normalized spacial score (nSPS) is 18.1. The highest BCUT2D eigenvalue weighted by molar-refractivity contribution is 5.94. The first-order valence-electron chi connectivity index (χ1n) is 6.97. The molecule has 1 saturated heterocycles. The van der Waals surface area contributed by atoms with Crippen molar-refractivity contribution in [1.82, 2.24) is 15.5 Å². The maximum atomic E-state index is 12.3. The molecule has 1 aliphatic heterocycles. The molecule has 0 unspecified atom stereocenters. The lowest BCUT2D eigenvalue weighted by molar-refractivity contribution is 0.0789. The summed E-state index contributed by atoms with van der Waals surface area (Å²) in [6.45, 7) is 5.08. The van der Waals surface area contributed by atoms with Crippen molar-refractivity contribution in [2.45, 2.75) is 32.4 Å². The Hall–Kier alpha value is -2.04. The van der Waals surface area contributed by atoms with Crippen LogP contribution in [0, 0.1) is 0 Å². The van der Waals surface area contributed by atoms with Gasteiger partial charge in [0, 0.05) is 30.7 Å². The second-order valence-corrected chi connectivity index (χ2v) is 5.38. The number of rotatable bonds is 3. The zero-order valence-electron chi connectivity index (χ0n) is 11.9. The van der Waals surface area contributed by atoms with Crippen molar-refractivity contribution in [2.24, 2.45) is 0 Å². The summed E-state index contributed by atoms with van der Waals surface area (Å²) in [6.07, 6.45) is 0.796. The van der Waals surface area contributed by atoms with Crippen LogP contribution in [-0.4, -0.2) is 42.0 Å². The van der Waals surface area contributed by atoms with Crippen LogP contribution in [0.4, 0.5) is 4.79 Å². The van der Waals surface area contributed by atoms with E-state index in [1.54, 1.807) is 4.90 Å². The van der Waals surface area contributed by atoms with Crippen LogP contribution in [0.2, 0.25) is 0 Å². The highest BCUT2D eigenvalue weighted by Crippen LogP contribution is 2.13. The molecule has 108 valence electrons. The van der Waals surface area contributed by atoms with Gasteiger partial charge in [-0.1, -0.05) is 18.2 Å². The predicted octanol–water partition coefficient (Wildman–Crippen LogP) is 1.61. The average Bonchev–Trinajstić information content (AvgIpc) is 2.86. The minimum Gasteiger partial charge on any atom is -0.337 e. The molecule has 3 amide bonds. The van der Waals surface area contributed by atoms with E-state index < -0.39 is 0 Å². The number of hydrogen-bond acceptors (Lipinski definition) is 2. The van der Waals surface area contributed by atoms with Crippen LogP contribution in [0.15, 0.2) is 30.3 Å². The smallest absolute Gasteiger partial charge is 0.315 e. The zero-order valence-corrected chi connectivity index (χ0v) is 11.9. The van der Waals surface area contributed by atoms with E-state index in [1.165, 1.54) is 0 Å². The van der Waals surface area contributed by atoms with Gasteiger partial charge in [-0.3, -0.25) is 4.79 Å². The molecular weight excluding hydrogens is 254 g/mol. The van der Waals surface area contributed by atoms with Crippen LogP contribution < -0.4 is 10.6 Å². The minimum absolute atomic E-state index is 0.0270. The van der Waals surface area contributed by atoms with Crippen molar-refractivity contribution in [1.29, 1.82) is 0 Å². The molecule has 1 atom stereocenters. The topological polar surface area (TPSA) is 61.4 Å². The first kappa shape index (κ1) is 14.4. The Bertz CT molecular complexity index is 473. The third-order valence-corrected chi connectivity index (χ3v) is 3.25. The maximum absolute atomic E-state index is 12.3. The number of carbonyl (C=O) groups excluding carboxylic acids is 2. The van der Waals surface area contributed by atoms with Crippen molar-refractivity contribution >= 4 is 11.9 Å². The number of amides is 3. The van der Waals surface area contributed by atoms with E-state index in [-0.39, 0.29) is 24.0 Å². The molecular formula is C15H21N3O2. The Morgan fingerprint density at radius 3 is 2.60 bits per heavy atom. The highest BCUT2D eigenvalue weighted by atomic mass is 16.2. The largest absolute Gasteiger partial charge is 0.337 e. The number of urea groups is 1. The summed E-state index contributed by atoms with van der Waals surface area (Å²) < 4.78 is 0. The Morgan fingerprint density at radius 1 is 1.25 bits per heavy atom. The van der Waals surface area contributed by atoms with E-state index in [2.05, 4.69) is 10.6 Å². The lowest BCUT2D eigenvalue weighted by Crippen LogP contribution is -2.45. The van der Waals surface area contributed by atoms with Crippen LogP contribution in [-0.2, 0) is 0 Å². The fourth-order valence-corrected chi connectivity index (χ4v) is 2.32. The fraction of sp³-hybridized carbons (Fsp3) is 0.467. The van der Waals surface area contributed by atoms with Gasteiger partial charge in [-0.15, -0.1) is 0 Å². The van der Waals surface area contributed by atoms with E-state index in [1.807, 2.05) is 44.2 Å². The van der Waals surface area contributed by atoms with E-state index in [4.69, 9.17) is 0 Å². The van der Waals surface area contributed by atoms with Crippen LogP contribution >= 0.6 is 0 Å². The van der Waals surface area contributed by atoms with Gasteiger partial charge in [0.2, 0.25) is 0 Å². The lowest BCUT2D eigenvalue weighted by Gasteiger charge is -2.18. The Balaban J connectivity index is 1.86. The molecule has 1 fully saturated rings. The van der Waals surface area contributed by atoms with Gasteiger partial charge in [-0.25, -0.2) is 4.79 Å². The quantitative estimate of drug-likeness (QED) is 0.880. The van der Waals surface area contributed by atoms with Gasteiger partial charge >= 0.3 is 6.03 Å². The molecule has 0 spiro atoms. The van der Waals surface area contributed by atoms with Crippen LogP contribution in [0.1, 0.15) is 30.6 Å². The first-order chi connectivity index (χ1) is 9.56. The Morgan fingerprint density at radius 2 is 1.95 bits per heavy atom. The summed E-state index contributed by atoms with van der Waals surface area (Å²) in [5, 5.41) is 5.69. The third-order valence-electron chi connectivity index (χ3n) is 3.25. The van der Waals surface area contributed by atoms with Crippen LogP contribution in [0.25, 0.3) is 0 Å². The van der Waals surface area contributed by atoms with Gasteiger partial charge in [0.15, 0.2) is 0 Å². The standard InChI is InChI=1S/C15H21N3O2/c1-11(2)16-15(20)17-13-8-9-18(10-13)14(19)12-6-4-3-5-7-12/h3-7,11,13H,8-10H2,1-2H3,(H2,16,17,20)/t13-/m1/s1. The van der Waals surface area contributed by atoms with Crippen LogP contribution in [0.5, 0.6) is 0 Å². The molecule has 1 aliphatic rings. The second-order valence-electron chi connectivity index (χ2n) is 5.38. The summed E-state index contributed by atoms with van der Waals surface area (Å²) in [6, 6.07) is 9.20. The van der Waals surface area contributed by atoms with Gasteiger partial charge in [0.05, 0.1) is 0 Å². The predicted molar refractivity (Wildman–Crippen MR) is 77.6 cm³/mol. The van der Waals surface area contributed by atoms with E-state index in [9.17, 15) is 9.59 Å². The highest BCUT2D eigenvalue weighted by Gasteiger charge is 2.27. The van der Waals surface area contributed by atoms with Gasteiger partial charge in [0.1, 0.15) is 0 Å². The molecule has 1 heterocycles. The molecule has 2 rings (SSSR count). The monoisotopic (exact) mass is 275 g/mol. The van der Waals surface area contributed by atoms with Crippen molar-refractivity contribution < 1.29 is 9.59 Å². The average molecular weight is 275 g/mol. The van der Waals surface area contributed by atoms with E-state index >= 15 is 0 Å². The molecule has 2 N–H and O–H groups in total. The third kappa shape index (κ3) is 3.73. The summed E-state index contributed by atoms with van der Waals surface area (Å²) >= 11 is 0. The molecule has 20 heavy (non-hydrogen) atoms. The van der Waals surface area contributed by atoms with E-state index in [0.717, 1.165) is 6.42 Å². The van der Waals surface area contributed by atoms with Crippen LogP contribution in [0.3, 0.4) is 0 Å². The van der Waals surface area contributed by atoms with Gasteiger partial charge < -0.3 is 15.5 Å². The zero-order chi connectivity index (χ0) is 14.5. The SMILES string of the molecule is CC(C)NC(=O)N[C@@H]1CCN(C(=O)c2ccccc2)C1. The van der Waals surface area contributed by atoms with E-state index in [0.29, 0.717) is 18.7 Å². The van der Waals surface area contributed by atoms with Crippen molar-refractivity contribution in [3.63, 3.8) is 0 Å². The number of likely N-dealkylation sites (tertiary alicyclic amines) is 1. The molecule has 0 radical (unpaired) electrons. The van der Waals surface area contributed by atoms with Crippen molar-refractivity contribution in [3.05, 3.63) is 35.9 Å². The van der Waals surface area contributed by atoms with Crippen molar-refractivity contribution in [3.8, 4) is 0 Å². The number of carbonyl (C=O) groups is 2. The number of hydrogen-bond donors (Lipinski definition) is 2. The van der Waals surface area contributed by atoms with Gasteiger partial charge in [-0.05, 0) is 32.4 Å². The molecule has 0 aliphatic carbocycles. The molecule has 5 heteroatoms. The first-order valence-corrected chi connectivity index (χ1v) is 6.97. The summed E-state index contributed by atoms with van der Waals surface area (Å²) in [4.78, 5) is 25.7. The molecule has 0 saturated carbocycles. The fourth-order valence-electron chi connectivity index (χ4n) is 2.32. The summed E-state index contributed by atoms with van der Waals surface area (Å²) in [5.74, 6) is 0.0270. The number of nitrogens with zero attached hydrogens (tertiary/aromatic N) is 1. The Kier molecular flexibility index (Phi) is 4.61.